The Balaban J connectivity index is 5.16. The van der Waals surface area contributed by atoms with E-state index in [9.17, 15) is 43.2 Å². The van der Waals surface area contributed by atoms with E-state index in [0.29, 0.717) is 25.7 Å². The van der Waals surface area contributed by atoms with Gasteiger partial charge in [0.2, 0.25) is 0 Å². The number of phosphoric acid groups is 2. The molecule has 3 N–H and O–H groups in total. The molecule has 0 saturated carbocycles. The molecule has 0 aromatic heterocycles. The number of aliphatic hydroxyl groups is 1. The first kappa shape index (κ1) is 86.1. The number of aliphatic hydroxyl groups excluding tert-OH is 1. The molecule has 19 heteroatoms. The van der Waals surface area contributed by atoms with E-state index in [4.69, 9.17) is 37.0 Å². The summed E-state index contributed by atoms with van der Waals surface area (Å²) in [6.45, 7) is 4.89. The Labute approximate surface area is 537 Å². The van der Waals surface area contributed by atoms with Crippen LogP contribution in [0.4, 0.5) is 0 Å². The van der Waals surface area contributed by atoms with Crippen LogP contribution in [0, 0.1) is 0 Å². The fourth-order valence-electron chi connectivity index (χ4n) is 10.5. The van der Waals surface area contributed by atoms with Crippen molar-refractivity contribution >= 4 is 39.5 Å². The van der Waals surface area contributed by atoms with Crippen molar-refractivity contribution < 1.29 is 80.2 Å². The summed E-state index contributed by atoms with van der Waals surface area (Å²) in [5.74, 6) is -2.13. The van der Waals surface area contributed by atoms with Crippen molar-refractivity contribution in [2.24, 2.45) is 0 Å². The molecule has 0 heterocycles. The van der Waals surface area contributed by atoms with Gasteiger partial charge in [0.1, 0.15) is 19.3 Å². The lowest BCUT2D eigenvalue weighted by molar-refractivity contribution is -0.161. The molecule has 0 spiro atoms. The van der Waals surface area contributed by atoms with Gasteiger partial charge in [-0.1, -0.05) is 310 Å². The third-order valence-corrected chi connectivity index (χ3v) is 18.0. The van der Waals surface area contributed by atoms with Crippen LogP contribution >= 0.6 is 15.6 Å². The Kier molecular flexibility index (Phi) is 62.4. The standard InChI is InChI=1S/C69H134O17P2/c1-5-9-13-17-21-24-27-29-30-31-32-33-34-35-37-40-44-48-52-56-69(74)86-65(60-80-67(72)54-50-46-42-39-36-28-25-22-18-14-10-6-2)62-84-88(77,78)82-58-63(70)57-81-87(75,76)83-61-64(59-79-66(71)53-49-45-41-20-16-12-8-4)85-68(73)55-51-47-43-38-26-23-19-15-11-7-3/h63-65,70H,5-62H2,1-4H3,(H,75,76)(H,77,78)/t63-,64+,65+/m0/s1. The summed E-state index contributed by atoms with van der Waals surface area (Å²) in [4.78, 5) is 72.3. The van der Waals surface area contributed by atoms with Gasteiger partial charge >= 0.3 is 39.5 Å². The summed E-state index contributed by atoms with van der Waals surface area (Å²) in [7, 11) is -9.89. The van der Waals surface area contributed by atoms with Crippen LogP contribution in [0.15, 0.2) is 0 Å². The fraction of sp³-hybridized carbons (Fsp3) is 0.942. The predicted molar refractivity (Wildman–Crippen MR) is 354 cm³/mol. The molecule has 0 saturated heterocycles. The number of esters is 4. The largest absolute Gasteiger partial charge is 0.472 e. The summed E-state index contributed by atoms with van der Waals surface area (Å²) in [5.41, 5.74) is 0. The first-order chi connectivity index (χ1) is 42.7. The molecule has 522 valence electrons. The Morgan fingerprint density at radius 2 is 0.455 bits per heavy atom. The molecule has 2 unspecified atom stereocenters. The maximum atomic E-state index is 13.0. The van der Waals surface area contributed by atoms with Gasteiger partial charge < -0.3 is 33.8 Å². The molecule has 88 heavy (non-hydrogen) atoms. The number of hydrogen-bond donors (Lipinski definition) is 3. The number of rotatable bonds is 70. The molecule has 0 fully saturated rings. The molecular formula is C69H134O17P2. The predicted octanol–water partition coefficient (Wildman–Crippen LogP) is 19.9. The molecule has 0 aromatic carbocycles. The summed E-state index contributed by atoms with van der Waals surface area (Å²) in [5, 5.41) is 10.6. The normalized spacial score (nSPS) is 14.0. The van der Waals surface area contributed by atoms with Crippen LogP contribution in [0.5, 0.6) is 0 Å². The third-order valence-electron chi connectivity index (χ3n) is 16.1. The molecular weight excluding hydrogens is 1160 g/mol. The van der Waals surface area contributed by atoms with Crippen molar-refractivity contribution in [1.82, 2.24) is 0 Å². The van der Waals surface area contributed by atoms with Crippen LogP contribution in [-0.2, 0) is 65.4 Å². The lowest BCUT2D eigenvalue weighted by Crippen LogP contribution is -2.30. The number of hydrogen-bond acceptors (Lipinski definition) is 15. The minimum atomic E-state index is -4.95. The molecule has 0 aromatic rings. The average molecular weight is 1300 g/mol. The molecule has 17 nitrogen and oxygen atoms in total. The van der Waals surface area contributed by atoms with Crippen LogP contribution in [0.25, 0.3) is 0 Å². The minimum Gasteiger partial charge on any atom is -0.462 e. The lowest BCUT2D eigenvalue weighted by Gasteiger charge is -2.21. The average Bonchev–Trinajstić information content (AvgIpc) is 3.72. The van der Waals surface area contributed by atoms with Crippen molar-refractivity contribution in [3.05, 3.63) is 0 Å². The van der Waals surface area contributed by atoms with Crippen molar-refractivity contribution in [1.29, 1.82) is 0 Å². The van der Waals surface area contributed by atoms with E-state index in [1.54, 1.807) is 0 Å². The molecule has 0 radical (unpaired) electrons. The molecule has 0 aliphatic carbocycles. The topological polar surface area (TPSA) is 237 Å². The molecule has 0 rings (SSSR count). The van der Waals surface area contributed by atoms with E-state index in [2.05, 4.69) is 27.7 Å². The van der Waals surface area contributed by atoms with Crippen LogP contribution in [0.2, 0.25) is 0 Å². The van der Waals surface area contributed by atoms with E-state index in [1.807, 2.05) is 0 Å². The second-order valence-corrected chi connectivity index (χ2v) is 27.8. The minimum absolute atomic E-state index is 0.106. The quantitative estimate of drug-likeness (QED) is 0.0222. The van der Waals surface area contributed by atoms with Crippen molar-refractivity contribution in [2.75, 3.05) is 39.6 Å². The van der Waals surface area contributed by atoms with Crippen LogP contribution in [-0.4, -0.2) is 96.7 Å². The van der Waals surface area contributed by atoms with Gasteiger partial charge in [-0.05, 0) is 25.7 Å². The van der Waals surface area contributed by atoms with Crippen molar-refractivity contribution in [3.8, 4) is 0 Å². The van der Waals surface area contributed by atoms with Crippen molar-refractivity contribution in [3.63, 3.8) is 0 Å². The highest BCUT2D eigenvalue weighted by molar-refractivity contribution is 7.47. The van der Waals surface area contributed by atoms with Crippen LogP contribution in [0.1, 0.15) is 362 Å². The second kappa shape index (κ2) is 63.8. The number of carbonyl (C=O) groups is 4. The third kappa shape index (κ3) is 62.8. The zero-order chi connectivity index (χ0) is 64.7. The Bertz CT molecular complexity index is 1690. The van der Waals surface area contributed by atoms with E-state index < -0.39 is 97.5 Å². The summed E-state index contributed by atoms with van der Waals surface area (Å²) >= 11 is 0. The molecule has 0 amide bonds. The number of ether oxygens (including phenoxy) is 4. The van der Waals surface area contributed by atoms with Gasteiger partial charge in [0, 0.05) is 25.7 Å². The molecule has 0 aliphatic rings. The van der Waals surface area contributed by atoms with E-state index >= 15 is 0 Å². The first-order valence-electron chi connectivity index (χ1n) is 36.3. The number of unbranched alkanes of at least 4 members (excludes halogenated alkanes) is 44. The van der Waals surface area contributed by atoms with Gasteiger partial charge in [-0.3, -0.25) is 37.3 Å². The van der Waals surface area contributed by atoms with E-state index in [1.165, 1.54) is 180 Å². The number of carbonyl (C=O) groups excluding carboxylic acids is 4. The number of phosphoric ester groups is 2. The van der Waals surface area contributed by atoms with E-state index in [-0.39, 0.29) is 25.7 Å². The molecule has 5 atom stereocenters. The maximum Gasteiger partial charge on any atom is 0.472 e. The van der Waals surface area contributed by atoms with Gasteiger partial charge in [-0.15, -0.1) is 0 Å². The highest BCUT2D eigenvalue weighted by Gasteiger charge is 2.30. The monoisotopic (exact) mass is 1300 g/mol. The Morgan fingerprint density at radius 1 is 0.273 bits per heavy atom. The molecule has 0 bridgehead atoms. The first-order valence-corrected chi connectivity index (χ1v) is 39.3. The summed E-state index contributed by atoms with van der Waals surface area (Å²) < 4.78 is 68.1. The van der Waals surface area contributed by atoms with Gasteiger partial charge in [0.05, 0.1) is 26.4 Å². The highest BCUT2D eigenvalue weighted by Crippen LogP contribution is 2.45. The zero-order valence-corrected chi connectivity index (χ0v) is 58.5. The highest BCUT2D eigenvalue weighted by atomic mass is 31.2. The maximum absolute atomic E-state index is 13.0. The van der Waals surface area contributed by atoms with Crippen LogP contribution < -0.4 is 0 Å². The van der Waals surface area contributed by atoms with Crippen molar-refractivity contribution in [2.45, 2.75) is 380 Å². The Hall–Kier alpha value is -1.94. The van der Waals surface area contributed by atoms with Gasteiger partial charge in [-0.2, -0.15) is 0 Å². The lowest BCUT2D eigenvalue weighted by atomic mass is 10.0. The molecule has 0 aliphatic heterocycles. The summed E-state index contributed by atoms with van der Waals surface area (Å²) in [6.07, 6.45) is 51.5. The fourth-order valence-corrected chi connectivity index (χ4v) is 12.1. The van der Waals surface area contributed by atoms with Gasteiger partial charge in [0.15, 0.2) is 12.2 Å². The smallest absolute Gasteiger partial charge is 0.462 e. The van der Waals surface area contributed by atoms with Gasteiger partial charge in [-0.25, -0.2) is 9.13 Å². The Morgan fingerprint density at radius 3 is 0.670 bits per heavy atom. The summed E-state index contributed by atoms with van der Waals surface area (Å²) in [6, 6.07) is 0. The van der Waals surface area contributed by atoms with E-state index in [0.717, 1.165) is 103 Å². The second-order valence-electron chi connectivity index (χ2n) is 24.9. The van der Waals surface area contributed by atoms with Gasteiger partial charge in [0.25, 0.3) is 0 Å². The zero-order valence-electron chi connectivity index (χ0n) is 56.7. The van der Waals surface area contributed by atoms with Crippen LogP contribution in [0.3, 0.4) is 0 Å². The SMILES string of the molecule is CCCCCCCCCCCCCCCCCCCCCC(=O)O[C@H](COC(=O)CCCCCCCCCCCCCC)COP(=O)(O)OC[C@@H](O)COP(=O)(O)OC[C@@H](COC(=O)CCCCCCCCC)OC(=O)CCCCCCCCCCCC.